The Hall–Kier alpha value is -2.27. The quantitative estimate of drug-likeness (QED) is 0.700. The third-order valence-corrected chi connectivity index (χ3v) is 5.02. The van der Waals surface area contributed by atoms with E-state index in [0.29, 0.717) is 5.56 Å². The first-order chi connectivity index (χ1) is 12.7. The lowest BCUT2D eigenvalue weighted by atomic mass is 9.87. The molecule has 0 aliphatic heterocycles. The smallest absolute Gasteiger partial charge is 0.256 e. The summed E-state index contributed by atoms with van der Waals surface area (Å²) in [4.78, 5) is 25.4. The molecule has 144 valence electrons. The summed E-state index contributed by atoms with van der Waals surface area (Å²) >= 11 is 1.37. The molecule has 0 heterocycles. The summed E-state index contributed by atoms with van der Waals surface area (Å²) in [5, 5.41) is 5.80. The molecule has 0 saturated heterocycles. The first-order valence-corrected chi connectivity index (χ1v) is 10.1. The van der Waals surface area contributed by atoms with Crippen molar-refractivity contribution >= 4 is 29.3 Å². The number of carbonyl (C=O) groups is 2. The first-order valence-electron chi connectivity index (χ1n) is 9.10. The van der Waals surface area contributed by atoms with E-state index in [-0.39, 0.29) is 29.0 Å². The Morgan fingerprint density at radius 2 is 1.63 bits per heavy atom. The van der Waals surface area contributed by atoms with E-state index in [1.807, 2.05) is 56.3 Å². The molecular formula is C22H28N2O2S. The summed E-state index contributed by atoms with van der Waals surface area (Å²) in [7, 11) is 0. The molecule has 4 nitrogen and oxygen atoms in total. The van der Waals surface area contributed by atoms with Crippen molar-refractivity contribution in [2.75, 3.05) is 11.1 Å². The monoisotopic (exact) mass is 384 g/mol. The molecule has 2 aromatic rings. The van der Waals surface area contributed by atoms with Crippen molar-refractivity contribution in [1.29, 1.82) is 0 Å². The van der Waals surface area contributed by atoms with Crippen molar-refractivity contribution in [3.63, 3.8) is 0 Å². The van der Waals surface area contributed by atoms with E-state index < -0.39 is 0 Å². The van der Waals surface area contributed by atoms with Gasteiger partial charge in [-0.15, -0.1) is 11.8 Å². The van der Waals surface area contributed by atoms with E-state index in [0.717, 1.165) is 10.6 Å². The SMILES string of the molecule is CC(C)NC(=O)CSc1ccccc1C(=O)Nc1ccc(C(C)(C)C)cc1. The molecule has 2 rings (SSSR count). The van der Waals surface area contributed by atoms with Crippen LogP contribution in [0.25, 0.3) is 0 Å². The molecule has 0 spiro atoms. The molecule has 27 heavy (non-hydrogen) atoms. The van der Waals surface area contributed by atoms with Crippen molar-refractivity contribution in [3.05, 3.63) is 59.7 Å². The van der Waals surface area contributed by atoms with E-state index in [1.54, 1.807) is 6.07 Å². The molecule has 2 amide bonds. The predicted octanol–water partition coefficient (Wildman–Crippen LogP) is 4.85. The summed E-state index contributed by atoms with van der Waals surface area (Å²) in [6, 6.07) is 15.4. The van der Waals surface area contributed by atoms with Crippen LogP contribution < -0.4 is 10.6 Å². The van der Waals surface area contributed by atoms with Gasteiger partial charge in [0.05, 0.1) is 11.3 Å². The molecular weight excluding hydrogens is 356 g/mol. The summed E-state index contributed by atoms with van der Waals surface area (Å²) in [5.41, 5.74) is 2.61. The Morgan fingerprint density at radius 1 is 1.00 bits per heavy atom. The highest BCUT2D eigenvalue weighted by Gasteiger charge is 2.15. The largest absolute Gasteiger partial charge is 0.353 e. The van der Waals surface area contributed by atoms with Gasteiger partial charge in [0.1, 0.15) is 0 Å². The second-order valence-electron chi connectivity index (χ2n) is 7.79. The maximum absolute atomic E-state index is 12.7. The fourth-order valence-electron chi connectivity index (χ4n) is 2.54. The average Bonchev–Trinajstić information content (AvgIpc) is 2.59. The molecule has 2 N–H and O–H groups in total. The van der Waals surface area contributed by atoms with Crippen LogP contribution in [-0.4, -0.2) is 23.6 Å². The van der Waals surface area contributed by atoms with Gasteiger partial charge in [0.25, 0.3) is 5.91 Å². The predicted molar refractivity (Wildman–Crippen MR) is 114 cm³/mol. The molecule has 0 fully saturated rings. The molecule has 0 unspecified atom stereocenters. The third kappa shape index (κ3) is 6.43. The molecule has 0 saturated carbocycles. The Bertz CT molecular complexity index is 793. The molecule has 0 aromatic heterocycles. The number of hydrogen-bond acceptors (Lipinski definition) is 3. The van der Waals surface area contributed by atoms with Crippen LogP contribution in [0.5, 0.6) is 0 Å². The number of rotatable bonds is 6. The molecule has 5 heteroatoms. The molecule has 0 aliphatic rings. The van der Waals surface area contributed by atoms with Gasteiger partial charge in [-0.2, -0.15) is 0 Å². The summed E-state index contributed by atoms with van der Waals surface area (Å²) < 4.78 is 0. The summed E-state index contributed by atoms with van der Waals surface area (Å²) in [6.07, 6.45) is 0. The van der Waals surface area contributed by atoms with Crippen LogP contribution >= 0.6 is 11.8 Å². The normalized spacial score (nSPS) is 11.3. The fourth-order valence-corrected chi connectivity index (χ4v) is 3.40. The number of hydrogen-bond donors (Lipinski definition) is 2. The minimum atomic E-state index is -0.175. The van der Waals surface area contributed by atoms with Gasteiger partial charge in [0.2, 0.25) is 5.91 Å². The van der Waals surface area contributed by atoms with E-state index in [9.17, 15) is 9.59 Å². The standard InChI is InChI=1S/C22H28N2O2S/c1-15(2)23-20(25)14-27-19-9-7-6-8-18(19)21(26)24-17-12-10-16(11-13-17)22(3,4)5/h6-13,15H,14H2,1-5H3,(H,23,25)(H,24,26). The second-order valence-corrected chi connectivity index (χ2v) is 8.81. The minimum absolute atomic E-state index is 0.0389. The van der Waals surface area contributed by atoms with Gasteiger partial charge < -0.3 is 10.6 Å². The second kappa shape index (κ2) is 9.09. The van der Waals surface area contributed by atoms with Crippen molar-refractivity contribution < 1.29 is 9.59 Å². The highest BCUT2D eigenvalue weighted by Crippen LogP contribution is 2.25. The summed E-state index contributed by atoms with van der Waals surface area (Å²) in [5.74, 6) is 0.0665. The Labute approximate surface area is 166 Å². The van der Waals surface area contributed by atoms with Gasteiger partial charge in [0, 0.05) is 16.6 Å². The lowest BCUT2D eigenvalue weighted by molar-refractivity contribution is -0.119. The first kappa shape index (κ1) is 21.0. The van der Waals surface area contributed by atoms with Gasteiger partial charge in [-0.3, -0.25) is 9.59 Å². The number of amides is 2. The lowest BCUT2D eigenvalue weighted by Gasteiger charge is -2.19. The average molecular weight is 385 g/mol. The Morgan fingerprint density at radius 3 is 2.22 bits per heavy atom. The maximum atomic E-state index is 12.7. The Balaban J connectivity index is 2.07. The third-order valence-electron chi connectivity index (χ3n) is 3.95. The van der Waals surface area contributed by atoms with Gasteiger partial charge >= 0.3 is 0 Å². The van der Waals surface area contributed by atoms with Gasteiger partial charge in [-0.25, -0.2) is 0 Å². The number of thioether (sulfide) groups is 1. The highest BCUT2D eigenvalue weighted by atomic mass is 32.2. The van der Waals surface area contributed by atoms with Crippen molar-refractivity contribution in [2.24, 2.45) is 0 Å². The topological polar surface area (TPSA) is 58.2 Å². The molecule has 0 bridgehead atoms. The zero-order valence-corrected chi connectivity index (χ0v) is 17.4. The molecule has 0 radical (unpaired) electrons. The van der Waals surface area contributed by atoms with Crippen LogP contribution in [0.3, 0.4) is 0 Å². The molecule has 2 aromatic carbocycles. The lowest BCUT2D eigenvalue weighted by Crippen LogP contribution is -2.31. The van der Waals surface area contributed by atoms with Crippen molar-refractivity contribution in [1.82, 2.24) is 5.32 Å². The fraction of sp³-hybridized carbons (Fsp3) is 0.364. The van der Waals surface area contributed by atoms with Gasteiger partial charge in [-0.1, -0.05) is 45.0 Å². The van der Waals surface area contributed by atoms with E-state index in [4.69, 9.17) is 0 Å². The van der Waals surface area contributed by atoms with Crippen molar-refractivity contribution in [3.8, 4) is 0 Å². The minimum Gasteiger partial charge on any atom is -0.353 e. The van der Waals surface area contributed by atoms with Crippen LogP contribution in [0, 0.1) is 0 Å². The van der Waals surface area contributed by atoms with Crippen LogP contribution in [0.1, 0.15) is 50.5 Å². The van der Waals surface area contributed by atoms with E-state index in [2.05, 4.69) is 31.4 Å². The zero-order chi connectivity index (χ0) is 20.0. The van der Waals surface area contributed by atoms with Crippen LogP contribution in [0.2, 0.25) is 0 Å². The van der Waals surface area contributed by atoms with Crippen LogP contribution in [-0.2, 0) is 10.2 Å². The molecule has 0 aliphatic carbocycles. The van der Waals surface area contributed by atoms with E-state index >= 15 is 0 Å². The number of carbonyl (C=O) groups excluding carboxylic acids is 2. The van der Waals surface area contributed by atoms with Crippen molar-refractivity contribution in [2.45, 2.75) is 51.0 Å². The molecule has 0 atom stereocenters. The van der Waals surface area contributed by atoms with Gasteiger partial charge in [-0.05, 0) is 49.1 Å². The number of anilines is 1. The van der Waals surface area contributed by atoms with Gasteiger partial charge in [0.15, 0.2) is 0 Å². The Kier molecular flexibility index (Phi) is 7.08. The van der Waals surface area contributed by atoms with E-state index in [1.165, 1.54) is 17.3 Å². The van der Waals surface area contributed by atoms with Crippen LogP contribution in [0.4, 0.5) is 5.69 Å². The highest BCUT2D eigenvalue weighted by molar-refractivity contribution is 8.00. The number of benzene rings is 2. The van der Waals surface area contributed by atoms with Crippen LogP contribution in [0.15, 0.2) is 53.4 Å². The zero-order valence-electron chi connectivity index (χ0n) is 16.6. The maximum Gasteiger partial charge on any atom is 0.256 e. The summed E-state index contributed by atoms with van der Waals surface area (Å²) in [6.45, 7) is 10.3. The number of nitrogens with one attached hydrogen (secondary N) is 2.